The van der Waals surface area contributed by atoms with E-state index in [1.807, 2.05) is 0 Å². The minimum absolute atomic E-state index is 0.109. The first-order valence-electron chi connectivity index (χ1n) is 6.91. The van der Waals surface area contributed by atoms with Crippen LogP contribution in [0.2, 0.25) is 0 Å². The third kappa shape index (κ3) is 3.02. The van der Waals surface area contributed by atoms with E-state index in [-0.39, 0.29) is 12.5 Å². The Morgan fingerprint density at radius 1 is 1.39 bits per heavy atom. The summed E-state index contributed by atoms with van der Waals surface area (Å²) in [6, 6.07) is 0. The van der Waals surface area contributed by atoms with Crippen molar-refractivity contribution < 1.29 is 14.6 Å². The van der Waals surface area contributed by atoms with E-state index >= 15 is 0 Å². The molecule has 0 spiro atoms. The molecule has 2 aliphatic rings. The van der Waals surface area contributed by atoms with Gasteiger partial charge in [0.25, 0.3) is 0 Å². The molecule has 0 aromatic carbocycles. The summed E-state index contributed by atoms with van der Waals surface area (Å²) in [5.74, 6) is 0.605. The van der Waals surface area contributed by atoms with Crippen LogP contribution >= 0.6 is 0 Å². The van der Waals surface area contributed by atoms with Gasteiger partial charge in [-0.3, -0.25) is 4.79 Å². The van der Waals surface area contributed by atoms with Gasteiger partial charge in [0.05, 0.1) is 6.61 Å². The second-order valence-corrected chi connectivity index (χ2v) is 5.66. The van der Waals surface area contributed by atoms with Gasteiger partial charge in [-0.25, -0.2) is 0 Å². The van der Waals surface area contributed by atoms with Crippen LogP contribution in [0.1, 0.15) is 32.1 Å². The maximum absolute atomic E-state index is 12.0. The quantitative estimate of drug-likeness (QED) is 0.662. The zero-order chi connectivity index (χ0) is 13.0. The van der Waals surface area contributed by atoms with Gasteiger partial charge >= 0.3 is 0 Å². The van der Waals surface area contributed by atoms with Crippen LogP contribution in [0.25, 0.3) is 0 Å². The Morgan fingerprint density at radius 3 is 2.72 bits per heavy atom. The lowest BCUT2D eigenvalue weighted by Gasteiger charge is -2.31. The number of nitrogens with two attached hydrogens (primary N) is 1. The highest BCUT2D eigenvalue weighted by atomic mass is 16.5. The molecule has 3 atom stereocenters. The Morgan fingerprint density at radius 2 is 2.11 bits per heavy atom. The molecule has 5 nitrogen and oxygen atoms in total. The normalized spacial score (nSPS) is 36.6. The van der Waals surface area contributed by atoms with Gasteiger partial charge in [-0.2, -0.15) is 0 Å². The van der Waals surface area contributed by atoms with E-state index in [9.17, 15) is 9.90 Å². The lowest BCUT2D eigenvalue weighted by atomic mass is 9.79. The van der Waals surface area contributed by atoms with Crippen molar-refractivity contribution in [3.05, 3.63) is 0 Å². The number of nitrogens with one attached hydrogen (secondary N) is 1. The lowest BCUT2D eigenvalue weighted by molar-refractivity contribution is -0.126. The van der Waals surface area contributed by atoms with E-state index in [2.05, 4.69) is 5.32 Å². The van der Waals surface area contributed by atoms with Crippen LogP contribution in [0.15, 0.2) is 0 Å². The first-order valence-corrected chi connectivity index (χ1v) is 6.91. The molecule has 3 unspecified atom stereocenters. The zero-order valence-corrected chi connectivity index (χ0v) is 10.9. The third-order valence-electron chi connectivity index (χ3n) is 4.33. The highest BCUT2D eigenvalue weighted by molar-refractivity contribution is 5.86. The van der Waals surface area contributed by atoms with Crippen LogP contribution in [-0.4, -0.2) is 42.9 Å². The predicted molar refractivity (Wildman–Crippen MR) is 67.9 cm³/mol. The van der Waals surface area contributed by atoms with Crippen molar-refractivity contribution >= 4 is 5.91 Å². The number of aliphatic hydroxyl groups excluding tert-OH is 1. The summed E-state index contributed by atoms with van der Waals surface area (Å²) in [7, 11) is 0. The highest BCUT2D eigenvalue weighted by Gasteiger charge is 2.38. The van der Waals surface area contributed by atoms with Crippen LogP contribution in [-0.2, 0) is 9.53 Å². The molecule has 2 rings (SSSR count). The largest absolute Gasteiger partial charge is 0.396 e. The molecule has 1 aliphatic heterocycles. The number of hydrogen-bond donors (Lipinski definition) is 3. The van der Waals surface area contributed by atoms with Gasteiger partial charge in [0.15, 0.2) is 0 Å². The van der Waals surface area contributed by atoms with E-state index < -0.39 is 5.54 Å². The maximum Gasteiger partial charge on any atom is 0.242 e. The fourth-order valence-electron chi connectivity index (χ4n) is 2.95. The van der Waals surface area contributed by atoms with Crippen LogP contribution in [0.3, 0.4) is 0 Å². The van der Waals surface area contributed by atoms with Gasteiger partial charge in [0.1, 0.15) is 5.54 Å². The number of aliphatic hydroxyl groups is 1. The van der Waals surface area contributed by atoms with E-state index in [1.165, 1.54) is 12.8 Å². The summed E-state index contributed by atoms with van der Waals surface area (Å²) in [6.07, 6.45) is 5.11. The van der Waals surface area contributed by atoms with Crippen molar-refractivity contribution in [3.63, 3.8) is 0 Å². The van der Waals surface area contributed by atoms with Crippen molar-refractivity contribution in [1.82, 2.24) is 5.32 Å². The standard InChI is InChI=1S/C13H24N2O3/c14-13(5-6-18-9-13)12(17)15-7-10-3-1-2-4-11(10)8-16/h10-11,16H,1-9,14H2,(H,15,17). The molecular weight excluding hydrogens is 232 g/mol. The van der Waals surface area contributed by atoms with Crippen LogP contribution in [0.5, 0.6) is 0 Å². The van der Waals surface area contributed by atoms with Gasteiger partial charge < -0.3 is 20.9 Å². The number of carbonyl (C=O) groups is 1. The third-order valence-corrected chi connectivity index (χ3v) is 4.33. The molecule has 1 aliphatic carbocycles. The molecule has 0 bridgehead atoms. The number of amides is 1. The molecular formula is C13H24N2O3. The fraction of sp³-hybridized carbons (Fsp3) is 0.923. The monoisotopic (exact) mass is 256 g/mol. The summed E-state index contributed by atoms with van der Waals surface area (Å²) >= 11 is 0. The number of hydrogen-bond acceptors (Lipinski definition) is 4. The van der Waals surface area contributed by atoms with Crippen molar-refractivity contribution in [2.24, 2.45) is 17.6 Å². The second-order valence-electron chi connectivity index (χ2n) is 5.66. The van der Waals surface area contributed by atoms with E-state index in [1.54, 1.807) is 0 Å². The molecule has 1 amide bonds. The minimum atomic E-state index is -0.844. The Bertz CT molecular complexity index is 290. The van der Waals surface area contributed by atoms with Gasteiger partial charge in [-0.15, -0.1) is 0 Å². The van der Waals surface area contributed by atoms with Gasteiger partial charge in [-0.05, 0) is 31.1 Å². The van der Waals surface area contributed by atoms with Crippen LogP contribution in [0, 0.1) is 11.8 Å². The fourth-order valence-corrected chi connectivity index (χ4v) is 2.95. The summed E-state index contributed by atoms with van der Waals surface area (Å²) in [5, 5.41) is 12.3. The minimum Gasteiger partial charge on any atom is -0.396 e. The Labute approximate surface area is 108 Å². The maximum atomic E-state index is 12.0. The van der Waals surface area contributed by atoms with Gasteiger partial charge in [-0.1, -0.05) is 12.8 Å². The topological polar surface area (TPSA) is 84.6 Å². The Hall–Kier alpha value is -0.650. The highest BCUT2D eigenvalue weighted by Crippen LogP contribution is 2.29. The molecule has 0 aromatic rings. The van der Waals surface area contributed by atoms with Crippen molar-refractivity contribution in [1.29, 1.82) is 0 Å². The Balaban J connectivity index is 1.81. The first kappa shape index (κ1) is 13.8. The van der Waals surface area contributed by atoms with E-state index in [4.69, 9.17) is 10.5 Å². The Kier molecular flexibility index (Phi) is 4.59. The first-order chi connectivity index (χ1) is 8.65. The zero-order valence-electron chi connectivity index (χ0n) is 10.9. The van der Waals surface area contributed by atoms with Gasteiger partial charge in [0.2, 0.25) is 5.91 Å². The molecule has 1 saturated carbocycles. The smallest absolute Gasteiger partial charge is 0.242 e. The average molecular weight is 256 g/mol. The summed E-state index contributed by atoms with van der Waals surface area (Å²) in [5.41, 5.74) is 5.16. The predicted octanol–water partition coefficient (Wildman–Crippen LogP) is 0.0191. The van der Waals surface area contributed by atoms with E-state index in [0.29, 0.717) is 38.0 Å². The van der Waals surface area contributed by atoms with Crippen molar-refractivity contribution in [2.45, 2.75) is 37.6 Å². The van der Waals surface area contributed by atoms with Crippen LogP contribution in [0.4, 0.5) is 0 Å². The number of carbonyl (C=O) groups excluding carboxylic acids is 1. The van der Waals surface area contributed by atoms with E-state index in [0.717, 1.165) is 12.8 Å². The summed E-state index contributed by atoms with van der Waals surface area (Å²) in [6.45, 7) is 1.72. The molecule has 1 heterocycles. The van der Waals surface area contributed by atoms with Crippen molar-refractivity contribution in [3.8, 4) is 0 Å². The molecule has 0 aromatic heterocycles. The van der Waals surface area contributed by atoms with Crippen LogP contribution < -0.4 is 11.1 Å². The molecule has 1 saturated heterocycles. The molecule has 104 valence electrons. The molecule has 5 heteroatoms. The molecule has 2 fully saturated rings. The number of rotatable bonds is 4. The molecule has 4 N–H and O–H groups in total. The lowest BCUT2D eigenvalue weighted by Crippen LogP contribution is -2.55. The van der Waals surface area contributed by atoms with Crippen molar-refractivity contribution in [2.75, 3.05) is 26.4 Å². The summed E-state index contributed by atoms with van der Waals surface area (Å²) < 4.78 is 5.19. The average Bonchev–Trinajstić information content (AvgIpc) is 2.84. The summed E-state index contributed by atoms with van der Waals surface area (Å²) in [4.78, 5) is 12.0. The number of ether oxygens (including phenoxy) is 1. The SMILES string of the molecule is NC1(C(=O)NCC2CCCCC2CO)CCOC1. The molecule has 0 radical (unpaired) electrons. The van der Waals surface area contributed by atoms with Gasteiger partial charge in [0, 0.05) is 19.8 Å². The molecule has 18 heavy (non-hydrogen) atoms. The second kappa shape index (κ2) is 5.99.